The van der Waals surface area contributed by atoms with Gasteiger partial charge in [0.2, 0.25) is 10.0 Å². The molecule has 2 heterocycles. The molecular formula is C12H20N4O2S. The Balaban J connectivity index is 2.13. The maximum absolute atomic E-state index is 12.3. The first kappa shape index (κ1) is 14.2. The van der Waals surface area contributed by atoms with Gasteiger partial charge in [0.05, 0.1) is 4.90 Å². The van der Waals surface area contributed by atoms with Crippen LogP contribution in [0.5, 0.6) is 0 Å². The number of anilines is 1. The highest BCUT2D eigenvalue weighted by Crippen LogP contribution is 2.19. The summed E-state index contributed by atoms with van der Waals surface area (Å²) in [5.41, 5.74) is 5.52. The maximum Gasteiger partial charge on any atom is 0.241 e. The molecule has 2 unspecified atom stereocenters. The first-order valence-corrected chi connectivity index (χ1v) is 7.79. The van der Waals surface area contributed by atoms with E-state index in [4.69, 9.17) is 5.73 Å². The molecule has 0 spiro atoms. The molecule has 1 aliphatic rings. The van der Waals surface area contributed by atoms with Crippen LogP contribution in [0.4, 0.5) is 5.82 Å². The van der Waals surface area contributed by atoms with E-state index in [1.165, 1.54) is 18.3 Å². The second-order valence-electron chi connectivity index (χ2n) is 5.17. The summed E-state index contributed by atoms with van der Waals surface area (Å²) in [5, 5.41) is 0. The number of nitrogens with one attached hydrogen (secondary N) is 1. The van der Waals surface area contributed by atoms with E-state index in [-0.39, 0.29) is 22.7 Å². The molecule has 3 N–H and O–H groups in total. The van der Waals surface area contributed by atoms with Crippen LogP contribution in [0, 0.1) is 5.92 Å². The van der Waals surface area contributed by atoms with Gasteiger partial charge in [-0.3, -0.25) is 0 Å². The summed E-state index contributed by atoms with van der Waals surface area (Å²) in [4.78, 5) is 6.18. The van der Waals surface area contributed by atoms with Crippen molar-refractivity contribution in [2.75, 3.05) is 25.9 Å². The van der Waals surface area contributed by atoms with E-state index in [0.717, 1.165) is 19.5 Å². The SMILES string of the molecule is CC1CN(C)CCC1NS(=O)(=O)c1ccnc(N)c1. The van der Waals surface area contributed by atoms with E-state index in [1.54, 1.807) is 0 Å². The van der Waals surface area contributed by atoms with Crippen molar-refractivity contribution >= 4 is 15.8 Å². The molecular weight excluding hydrogens is 264 g/mol. The third-order valence-electron chi connectivity index (χ3n) is 3.48. The third-order valence-corrected chi connectivity index (χ3v) is 4.97. The van der Waals surface area contributed by atoms with Gasteiger partial charge in [0.25, 0.3) is 0 Å². The maximum atomic E-state index is 12.3. The number of piperidine rings is 1. The lowest BCUT2D eigenvalue weighted by Gasteiger charge is -2.34. The Hall–Kier alpha value is -1.18. The van der Waals surface area contributed by atoms with Crippen LogP contribution in [-0.4, -0.2) is 44.5 Å². The van der Waals surface area contributed by atoms with Gasteiger partial charge in [0.15, 0.2) is 0 Å². The Morgan fingerprint density at radius 1 is 1.53 bits per heavy atom. The quantitative estimate of drug-likeness (QED) is 0.832. The minimum atomic E-state index is -3.52. The number of likely N-dealkylation sites (tertiary alicyclic amines) is 1. The molecule has 6 nitrogen and oxygen atoms in total. The molecule has 0 amide bonds. The summed E-state index contributed by atoms with van der Waals surface area (Å²) in [5.74, 6) is 0.493. The number of pyridine rings is 1. The fourth-order valence-corrected chi connectivity index (χ4v) is 3.79. The first-order chi connectivity index (χ1) is 8.88. The Morgan fingerprint density at radius 3 is 2.89 bits per heavy atom. The topological polar surface area (TPSA) is 88.3 Å². The van der Waals surface area contributed by atoms with Crippen molar-refractivity contribution in [2.24, 2.45) is 5.92 Å². The number of nitrogens with zero attached hydrogens (tertiary/aromatic N) is 2. The zero-order valence-electron chi connectivity index (χ0n) is 11.2. The summed E-state index contributed by atoms with van der Waals surface area (Å²) < 4.78 is 27.3. The zero-order valence-corrected chi connectivity index (χ0v) is 12.0. The van der Waals surface area contributed by atoms with E-state index in [9.17, 15) is 8.42 Å². The number of hydrogen-bond donors (Lipinski definition) is 2. The molecule has 1 aromatic rings. The van der Waals surface area contributed by atoms with Crippen LogP contribution in [0.15, 0.2) is 23.2 Å². The lowest BCUT2D eigenvalue weighted by Crippen LogP contribution is -2.48. The van der Waals surface area contributed by atoms with E-state index in [0.29, 0.717) is 0 Å². The molecule has 0 bridgehead atoms. The second kappa shape index (κ2) is 5.44. The van der Waals surface area contributed by atoms with Crippen molar-refractivity contribution in [3.63, 3.8) is 0 Å². The van der Waals surface area contributed by atoms with E-state index < -0.39 is 10.0 Å². The summed E-state index contributed by atoms with van der Waals surface area (Å²) in [6.45, 7) is 3.85. The molecule has 2 atom stereocenters. The monoisotopic (exact) mass is 284 g/mol. The van der Waals surface area contributed by atoms with Crippen LogP contribution in [-0.2, 0) is 10.0 Å². The number of nitrogen functional groups attached to an aromatic ring is 1. The van der Waals surface area contributed by atoms with E-state index in [1.807, 2.05) is 7.05 Å². The van der Waals surface area contributed by atoms with Gasteiger partial charge in [0, 0.05) is 24.8 Å². The van der Waals surface area contributed by atoms with Gasteiger partial charge in [-0.1, -0.05) is 6.92 Å². The van der Waals surface area contributed by atoms with Gasteiger partial charge in [0.1, 0.15) is 5.82 Å². The minimum absolute atomic E-state index is 0.0319. The fourth-order valence-electron chi connectivity index (χ4n) is 2.39. The largest absolute Gasteiger partial charge is 0.384 e. The molecule has 0 aromatic carbocycles. The average Bonchev–Trinajstić information content (AvgIpc) is 2.33. The highest BCUT2D eigenvalue weighted by Gasteiger charge is 2.28. The van der Waals surface area contributed by atoms with Crippen molar-refractivity contribution in [2.45, 2.75) is 24.3 Å². The van der Waals surface area contributed by atoms with Gasteiger partial charge < -0.3 is 10.6 Å². The highest BCUT2D eigenvalue weighted by atomic mass is 32.2. The van der Waals surface area contributed by atoms with Gasteiger partial charge in [-0.25, -0.2) is 18.1 Å². The van der Waals surface area contributed by atoms with Gasteiger partial charge in [-0.2, -0.15) is 0 Å². The van der Waals surface area contributed by atoms with Crippen LogP contribution in [0.2, 0.25) is 0 Å². The predicted octanol–water partition coefficient (Wildman–Crippen LogP) is 0.282. The van der Waals surface area contributed by atoms with E-state index >= 15 is 0 Å². The van der Waals surface area contributed by atoms with Gasteiger partial charge in [-0.05, 0) is 32.0 Å². The number of sulfonamides is 1. The molecule has 7 heteroatoms. The molecule has 1 aliphatic heterocycles. The lowest BCUT2D eigenvalue weighted by atomic mass is 9.95. The molecule has 2 rings (SSSR count). The number of hydrogen-bond acceptors (Lipinski definition) is 5. The summed E-state index contributed by atoms with van der Waals surface area (Å²) in [7, 11) is -1.47. The predicted molar refractivity (Wildman–Crippen MR) is 74.0 cm³/mol. The Bertz CT molecular complexity index is 546. The van der Waals surface area contributed by atoms with Crippen LogP contribution in [0.1, 0.15) is 13.3 Å². The molecule has 1 saturated heterocycles. The molecule has 0 aliphatic carbocycles. The number of aromatic nitrogens is 1. The van der Waals surface area contributed by atoms with Crippen LogP contribution >= 0.6 is 0 Å². The average molecular weight is 284 g/mol. The van der Waals surface area contributed by atoms with Crippen molar-refractivity contribution in [1.82, 2.24) is 14.6 Å². The van der Waals surface area contributed by atoms with Crippen molar-refractivity contribution in [3.05, 3.63) is 18.3 Å². The zero-order chi connectivity index (χ0) is 14.0. The number of rotatable bonds is 3. The van der Waals surface area contributed by atoms with Crippen molar-refractivity contribution < 1.29 is 8.42 Å². The summed E-state index contributed by atoms with van der Waals surface area (Å²) in [6, 6.07) is 2.80. The first-order valence-electron chi connectivity index (χ1n) is 6.31. The molecule has 19 heavy (non-hydrogen) atoms. The van der Waals surface area contributed by atoms with Crippen molar-refractivity contribution in [1.29, 1.82) is 0 Å². The van der Waals surface area contributed by atoms with Crippen molar-refractivity contribution in [3.8, 4) is 0 Å². The Labute approximate surface area is 114 Å². The summed E-state index contributed by atoms with van der Waals surface area (Å²) >= 11 is 0. The fraction of sp³-hybridized carbons (Fsp3) is 0.583. The van der Waals surface area contributed by atoms with Crippen LogP contribution in [0.25, 0.3) is 0 Å². The summed E-state index contributed by atoms with van der Waals surface area (Å²) in [6.07, 6.45) is 2.22. The molecule has 0 radical (unpaired) electrons. The normalized spacial score (nSPS) is 25.4. The minimum Gasteiger partial charge on any atom is -0.384 e. The van der Waals surface area contributed by atoms with E-state index in [2.05, 4.69) is 21.5 Å². The van der Waals surface area contributed by atoms with Crippen LogP contribution in [0.3, 0.4) is 0 Å². The molecule has 106 valence electrons. The molecule has 1 aromatic heterocycles. The smallest absolute Gasteiger partial charge is 0.241 e. The molecule has 1 fully saturated rings. The number of nitrogens with two attached hydrogens (primary N) is 1. The standard InChI is InChI=1S/C12H20N4O2S/c1-9-8-16(2)6-4-11(9)15-19(17,18)10-3-5-14-12(13)7-10/h3,5,7,9,11,15H,4,6,8H2,1-2H3,(H2,13,14). The Morgan fingerprint density at radius 2 is 2.26 bits per heavy atom. The van der Waals surface area contributed by atoms with Crippen LogP contribution < -0.4 is 10.5 Å². The lowest BCUT2D eigenvalue weighted by molar-refractivity contribution is 0.188. The highest BCUT2D eigenvalue weighted by molar-refractivity contribution is 7.89. The van der Waals surface area contributed by atoms with Gasteiger partial charge >= 0.3 is 0 Å². The Kier molecular flexibility index (Phi) is 4.07. The third kappa shape index (κ3) is 3.43. The van der Waals surface area contributed by atoms with Gasteiger partial charge in [-0.15, -0.1) is 0 Å². The molecule has 0 saturated carbocycles. The second-order valence-corrected chi connectivity index (χ2v) is 6.89.